The first kappa shape index (κ1) is 24.2. The second-order valence-electron chi connectivity index (χ2n) is 6.63. The van der Waals surface area contributed by atoms with Gasteiger partial charge in [-0.05, 0) is 47.1 Å². The molecule has 0 fully saturated rings. The molecule has 0 amide bonds. The lowest BCUT2D eigenvalue weighted by atomic mass is 10.2. The van der Waals surface area contributed by atoms with E-state index < -0.39 is 12.1 Å². The molecule has 8 nitrogen and oxygen atoms in total. The molecule has 0 aliphatic heterocycles. The van der Waals surface area contributed by atoms with Crippen LogP contribution < -0.4 is 15.0 Å². The molecule has 2 aromatic carbocycles. The summed E-state index contributed by atoms with van der Waals surface area (Å²) in [4.78, 5) is 28.7. The molecule has 0 spiro atoms. The Kier molecular flexibility index (Phi) is 7.58. The van der Waals surface area contributed by atoms with Gasteiger partial charge < -0.3 is 14.6 Å². The highest BCUT2D eigenvalue weighted by Crippen LogP contribution is 2.42. The Morgan fingerprint density at radius 1 is 1.38 bits per heavy atom. The normalized spacial score (nSPS) is 12.3. The van der Waals surface area contributed by atoms with Crippen LogP contribution >= 0.6 is 43.5 Å². The molecular formula is C21H18Br2ClN3O5. The maximum absolute atomic E-state index is 13.0. The molecule has 0 radical (unpaired) electrons. The molecule has 32 heavy (non-hydrogen) atoms. The van der Waals surface area contributed by atoms with Crippen LogP contribution in [0.1, 0.15) is 25.2 Å². The van der Waals surface area contributed by atoms with Gasteiger partial charge >= 0.3 is 5.97 Å². The monoisotopic (exact) mass is 585 g/mol. The van der Waals surface area contributed by atoms with Gasteiger partial charge in [-0.25, -0.2) is 9.78 Å². The molecule has 3 rings (SSSR count). The summed E-state index contributed by atoms with van der Waals surface area (Å²) in [5.74, 6) is -0.356. The molecule has 1 atom stereocenters. The number of ether oxygens (including phenoxy) is 2. The van der Waals surface area contributed by atoms with Crippen molar-refractivity contribution < 1.29 is 19.4 Å². The van der Waals surface area contributed by atoms with E-state index in [4.69, 9.17) is 26.2 Å². The Balaban J connectivity index is 2.11. The number of aryl methyl sites for hydroxylation is 1. The van der Waals surface area contributed by atoms with E-state index in [1.165, 1.54) is 24.9 Å². The van der Waals surface area contributed by atoms with Crippen LogP contribution in [0.2, 0.25) is 5.02 Å². The first-order valence-corrected chi connectivity index (χ1v) is 11.3. The van der Waals surface area contributed by atoms with Crippen LogP contribution in [0.3, 0.4) is 0 Å². The van der Waals surface area contributed by atoms with Crippen molar-refractivity contribution in [1.82, 2.24) is 9.66 Å². The summed E-state index contributed by atoms with van der Waals surface area (Å²) >= 11 is 13.2. The van der Waals surface area contributed by atoms with Gasteiger partial charge in [-0.2, -0.15) is 9.78 Å². The summed E-state index contributed by atoms with van der Waals surface area (Å²) in [5, 5.41) is 14.0. The molecule has 0 aliphatic rings. The van der Waals surface area contributed by atoms with Crippen molar-refractivity contribution in [2.24, 2.45) is 5.10 Å². The zero-order valence-corrected chi connectivity index (χ0v) is 21.2. The molecule has 168 valence electrons. The quantitative estimate of drug-likeness (QED) is 0.396. The van der Waals surface area contributed by atoms with Crippen molar-refractivity contribution in [2.75, 3.05) is 7.11 Å². The number of carboxylic acids is 1. The van der Waals surface area contributed by atoms with Gasteiger partial charge in [0.25, 0.3) is 5.56 Å². The Morgan fingerprint density at radius 2 is 2.09 bits per heavy atom. The fraction of sp³-hybridized carbons (Fsp3) is 0.238. The molecule has 11 heteroatoms. The number of fused-ring (bicyclic) bond motifs is 1. The largest absolute Gasteiger partial charge is 0.493 e. The third-order valence-electron chi connectivity index (χ3n) is 4.52. The molecule has 1 aromatic heterocycles. The fourth-order valence-electron chi connectivity index (χ4n) is 2.85. The smallest absolute Gasteiger partial charge is 0.344 e. The number of aliphatic carboxylic acids is 1. The maximum Gasteiger partial charge on any atom is 0.344 e. The van der Waals surface area contributed by atoms with E-state index in [0.29, 0.717) is 33.2 Å². The number of rotatable bonds is 7. The van der Waals surface area contributed by atoms with Crippen LogP contribution in [-0.2, 0) is 11.2 Å². The van der Waals surface area contributed by atoms with Crippen LogP contribution in [0.5, 0.6) is 11.5 Å². The molecule has 0 aliphatic carbocycles. The summed E-state index contributed by atoms with van der Waals surface area (Å²) in [6, 6.07) is 6.86. The first-order chi connectivity index (χ1) is 15.2. The summed E-state index contributed by atoms with van der Waals surface area (Å²) in [7, 11) is 1.41. The van der Waals surface area contributed by atoms with Crippen LogP contribution in [0.25, 0.3) is 10.9 Å². The first-order valence-electron chi connectivity index (χ1n) is 9.38. The zero-order chi connectivity index (χ0) is 23.6. The van der Waals surface area contributed by atoms with E-state index in [1.807, 2.05) is 13.0 Å². The summed E-state index contributed by atoms with van der Waals surface area (Å²) in [6.07, 6.45) is 0.792. The highest BCUT2D eigenvalue weighted by atomic mass is 79.9. The molecule has 1 N–H and O–H groups in total. The van der Waals surface area contributed by atoms with E-state index in [1.54, 1.807) is 18.2 Å². The third-order valence-corrected chi connectivity index (χ3v) is 6.46. The van der Waals surface area contributed by atoms with Gasteiger partial charge in [0.05, 0.1) is 24.2 Å². The summed E-state index contributed by atoms with van der Waals surface area (Å²) in [5.41, 5.74) is 0.765. The standard InChI is InChI=1S/C21H18Br2ClN3O5/c1-4-16-26-14-6-5-12(22)8-13(14)20(28)27(16)25-9-11-7-15(31-3)19(18(24)17(11)23)32-10(2)21(29)30/h5-10H,4H2,1-3H3,(H,29,30)/t10-/m0/s1. The van der Waals surface area contributed by atoms with E-state index in [-0.39, 0.29) is 22.1 Å². The van der Waals surface area contributed by atoms with Crippen LogP contribution in [-0.4, -0.2) is 40.2 Å². The van der Waals surface area contributed by atoms with Crippen molar-refractivity contribution in [1.29, 1.82) is 0 Å². The predicted octanol–water partition coefficient (Wildman–Crippen LogP) is 4.88. The number of hydrogen-bond acceptors (Lipinski definition) is 6. The van der Waals surface area contributed by atoms with Crippen LogP contribution in [0.15, 0.2) is 43.1 Å². The second kappa shape index (κ2) is 10.0. The Labute approximate surface area is 205 Å². The van der Waals surface area contributed by atoms with Gasteiger partial charge in [-0.15, -0.1) is 0 Å². The maximum atomic E-state index is 13.0. The van der Waals surface area contributed by atoms with Gasteiger partial charge in [0, 0.05) is 20.9 Å². The van der Waals surface area contributed by atoms with Gasteiger partial charge in [0.15, 0.2) is 17.6 Å². The topological polar surface area (TPSA) is 103 Å². The molecule has 0 bridgehead atoms. The Bertz CT molecular complexity index is 1290. The molecule has 0 saturated heterocycles. The van der Waals surface area contributed by atoms with Crippen molar-refractivity contribution in [3.05, 3.63) is 60.0 Å². The number of hydrogen-bond donors (Lipinski definition) is 1. The zero-order valence-electron chi connectivity index (χ0n) is 17.2. The number of halogens is 3. The lowest BCUT2D eigenvalue weighted by Gasteiger charge is -2.17. The average Bonchev–Trinajstić information content (AvgIpc) is 2.77. The van der Waals surface area contributed by atoms with E-state index >= 15 is 0 Å². The number of nitrogens with zero attached hydrogens (tertiary/aromatic N) is 3. The number of benzene rings is 2. The molecule has 1 heterocycles. The van der Waals surface area contributed by atoms with E-state index in [0.717, 1.165) is 4.47 Å². The van der Waals surface area contributed by atoms with Crippen molar-refractivity contribution in [3.8, 4) is 11.5 Å². The molecule has 0 saturated carbocycles. The van der Waals surface area contributed by atoms with Crippen molar-refractivity contribution >= 4 is 66.5 Å². The molecular weight excluding hydrogens is 570 g/mol. The number of aromatic nitrogens is 2. The lowest BCUT2D eigenvalue weighted by molar-refractivity contribution is -0.144. The minimum atomic E-state index is -1.15. The number of carboxylic acid groups (broad SMARTS) is 1. The Morgan fingerprint density at radius 3 is 2.72 bits per heavy atom. The highest BCUT2D eigenvalue weighted by Gasteiger charge is 2.22. The van der Waals surface area contributed by atoms with Crippen LogP contribution in [0.4, 0.5) is 0 Å². The Hall–Kier alpha value is -2.43. The summed E-state index contributed by atoms with van der Waals surface area (Å²) < 4.78 is 13.2. The predicted molar refractivity (Wildman–Crippen MR) is 130 cm³/mol. The minimum Gasteiger partial charge on any atom is -0.493 e. The SMILES string of the molecule is CCc1nc2ccc(Br)cc2c(=O)n1N=Cc1cc(OC)c(O[C@@H](C)C(=O)O)c(Cl)c1Br. The van der Waals surface area contributed by atoms with Crippen molar-refractivity contribution in [3.63, 3.8) is 0 Å². The lowest BCUT2D eigenvalue weighted by Crippen LogP contribution is -2.23. The average molecular weight is 588 g/mol. The number of carbonyl (C=O) groups is 1. The number of methoxy groups -OCH3 is 1. The fourth-order valence-corrected chi connectivity index (χ4v) is 3.85. The third kappa shape index (κ3) is 4.82. The minimum absolute atomic E-state index is 0.0803. The van der Waals surface area contributed by atoms with E-state index in [2.05, 4.69) is 41.9 Å². The van der Waals surface area contributed by atoms with Gasteiger partial charge in [0.2, 0.25) is 0 Å². The van der Waals surface area contributed by atoms with Gasteiger partial charge in [-0.3, -0.25) is 4.79 Å². The van der Waals surface area contributed by atoms with Gasteiger partial charge in [-0.1, -0.05) is 34.5 Å². The summed E-state index contributed by atoms with van der Waals surface area (Å²) in [6.45, 7) is 3.26. The highest BCUT2D eigenvalue weighted by molar-refractivity contribution is 9.10. The van der Waals surface area contributed by atoms with Crippen LogP contribution in [0, 0.1) is 0 Å². The molecule has 3 aromatic rings. The van der Waals surface area contributed by atoms with Crippen molar-refractivity contribution in [2.45, 2.75) is 26.4 Å². The molecule has 0 unspecified atom stereocenters. The van der Waals surface area contributed by atoms with Gasteiger partial charge in [0.1, 0.15) is 10.8 Å². The van der Waals surface area contributed by atoms with E-state index in [9.17, 15) is 9.59 Å². The second-order valence-corrected chi connectivity index (χ2v) is 8.71.